The number of nitrogens with zero attached hydrogens (tertiary/aromatic N) is 3. The molecule has 0 fully saturated rings. The molecule has 0 saturated heterocycles. The Hall–Kier alpha value is -2.02. The molecule has 0 unspecified atom stereocenters. The van der Waals surface area contributed by atoms with Crippen LogP contribution in [-0.2, 0) is 4.74 Å². The SMILES string of the molecule is COC(=O)c1cc(N=[N+]=[N-])c(C)c(B(O)O)c1. The van der Waals surface area contributed by atoms with Crippen LogP contribution >= 0.6 is 0 Å². The molecular formula is C9H10BN3O4. The van der Waals surface area contributed by atoms with E-state index in [4.69, 9.17) is 15.6 Å². The molecule has 8 heteroatoms. The van der Waals surface area contributed by atoms with Gasteiger partial charge in [-0.1, -0.05) is 5.11 Å². The van der Waals surface area contributed by atoms with Gasteiger partial charge in [0.05, 0.1) is 12.7 Å². The van der Waals surface area contributed by atoms with Gasteiger partial charge in [0.15, 0.2) is 0 Å². The summed E-state index contributed by atoms with van der Waals surface area (Å²) in [6, 6.07) is 2.61. The third-order valence-electron chi connectivity index (χ3n) is 2.27. The molecule has 2 N–H and O–H groups in total. The van der Waals surface area contributed by atoms with E-state index in [9.17, 15) is 4.79 Å². The van der Waals surface area contributed by atoms with Gasteiger partial charge in [0.25, 0.3) is 0 Å². The van der Waals surface area contributed by atoms with Crippen LogP contribution in [0.2, 0.25) is 0 Å². The van der Waals surface area contributed by atoms with Crippen molar-refractivity contribution in [2.24, 2.45) is 5.11 Å². The van der Waals surface area contributed by atoms with Crippen LogP contribution in [0, 0.1) is 6.92 Å². The zero-order chi connectivity index (χ0) is 13.0. The molecule has 0 atom stereocenters. The van der Waals surface area contributed by atoms with Gasteiger partial charge in [0.2, 0.25) is 0 Å². The Labute approximate surface area is 97.4 Å². The number of azide groups is 1. The average Bonchev–Trinajstić information content (AvgIpc) is 2.30. The Morgan fingerprint density at radius 3 is 2.65 bits per heavy atom. The first-order chi connectivity index (χ1) is 8.01. The van der Waals surface area contributed by atoms with Crippen LogP contribution in [0.4, 0.5) is 5.69 Å². The highest BCUT2D eigenvalue weighted by molar-refractivity contribution is 6.59. The molecule has 0 amide bonds. The van der Waals surface area contributed by atoms with Gasteiger partial charge >= 0.3 is 13.1 Å². The Kier molecular flexibility index (Phi) is 4.11. The van der Waals surface area contributed by atoms with Crippen LogP contribution in [0.3, 0.4) is 0 Å². The highest BCUT2D eigenvalue weighted by atomic mass is 16.5. The van der Waals surface area contributed by atoms with Crippen molar-refractivity contribution in [2.75, 3.05) is 7.11 Å². The lowest BCUT2D eigenvalue weighted by molar-refractivity contribution is 0.0601. The molecular weight excluding hydrogens is 225 g/mol. The Bertz CT molecular complexity index is 497. The van der Waals surface area contributed by atoms with Gasteiger partial charge < -0.3 is 14.8 Å². The summed E-state index contributed by atoms with van der Waals surface area (Å²) in [7, 11) is -0.558. The molecule has 0 aromatic heterocycles. The van der Waals surface area contributed by atoms with Crippen LogP contribution < -0.4 is 5.46 Å². The first-order valence-electron chi connectivity index (χ1n) is 4.65. The Morgan fingerprint density at radius 1 is 1.53 bits per heavy atom. The van der Waals surface area contributed by atoms with Gasteiger partial charge in [-0.05, 0) is 35.6 Å². The van der Waals surface area contributed by atoms with Crippen LogP contribution in [0.1, 0.15) is 15.9 Å². The summed E-state index contributed by atoms with van der Waals surface area (Å²) in [5.74, 6) is -0.652. The molecule has 0 aliphatic rings. The molecule has 0 spiro atoms. The lowest BCUT2D eigenvalue weighted by atomic mass is 9.76. The summed E-state index contributed by atoms with van der Waals surface area (Å²) in [4.78, 5) is 13.9. The summed E-state index contributed by atoms with van der Waals surface area (Å²) < 4.78 is 4.51. The summed E-state index contributed by atoms with van der Waals surface area (Å²) in [6.45, 7) is 1.56. The summed E-state index contributed by atoms with van der Waals surface area (Å²) in [5, 5.41) is 21.7. The normalized spacial score (nSPS) is 9.41. The molecule has 0 aliphatic carbocycles. The van der Waals surface area contributed by atoms with Crippen LogP contribution in [0.15, 0.2) is 17.2 Å². The van der Waals surface area contributed by atoms with E-state index in [1.807, 2.05) is 0 Å². The fourth-order valence-corrected chi connectivity index (χ4v) is 1.38. The fraction of sp³-hybridized carbons (Fsp3) is 0.222. The second-order valence-electron chi connectivity index (χ2n) is 3.26. The van der Waals surface area contributed by atoms with Crippen molar-refractivity contribution in [3.63, 3.8) is 0 Å². The predicted octanol–water partition coefficient (Wildman–Crippen LogP) is 0.403. The topological polar surface area (TPSA) is 116 Å². The zero-order valence-corrected chi connectivity index (χ0v) is 9.28. The minimum absolute atomic E-state index is 0.0867. The molecule has 0 radical (unpaired) electrons. The second-order valence-corrected chi connectivity index (χ2v) is 3.26. The summed E-state index contributed by atoms with van der Waals surface area (Å²) >= 11 is 0. The minimum atomic E-state index is -1.76. The highest BCUT2D eigenvalue weighted by Gasteiger charge is 2.19. The van der Waals surface area contributed by atoms with Gasteiger partial charge in [0.1, 0.15) is 0 Å². The largest absolute Gasteiger partial charge is 0.488 e. The standard InChI is InChI=1S/C9H10BN3O4/c1-5-7(10(15)16)3-6(9(14)17-2)4-8(5)12-13-11/h3-4,15-16H,1-2H3. The summed E-state index contributed by atoms with van der Waals surface area (Å²) in [6.07, 6.45) is 0. The molecule has 1 rings (SSSR count). The van der Waals surface area contributed by atoms with E-state index in [-0.39, 0.29) is 16.7 Å². The van der Waals surface area contributed by atoms with Gasteiger partial charge in [-0.25, -0.2) is 4.79 Å². The van der Waals surface area contributed by atoms with Crippen molar-refractivity contribution in [1.29, 1.82) is 0 Å². The second kappa shape index (κ2) is 5.35. The maximum atomic E-state index is 11.3. The number of esters is 1. The molecule has 88 valence electrons. The molecule has 17 heavy (non-hydrogen) atoms. The van der Waals surface area contributed by atoms with Crippen molar-refractivity contribution in [3.8, 4) is 0 Å². The Balaban J connectivity index is 3.46. The van der Waals surface area contributed by atoms with E-state index in [0.717, 1.165) is 0 Å². The van der Waals surface area contributed by atoms with Crippen molar-refractivity contribution in [2.45, 2.75) is 6.92 Å². The van der Waals surface area contributed by atoms with E-state index in [0.29, 0.717) is 5.56 Å². The number of hydrogen-bond acceptors (Lipinski definition) is 5. The fourth-order valence-electron chi connectivity index (χ4n) is 1.38. The lowest BCUT2D eigenvalue weighted by Crippen LogP contribution is -2.33. The van der Waals surface area contributed by atoms with Gasteiger partial charge in [-0.15, -0.1) is 0 Å². The van der Waals surface area contributed by atoms with Crippen LogP contribution in [0.25, 0.3) is 10.4 Å². The van der Waals surface area contributed by atoms with Crippen molar-refractivity contribution < 1.29 is 19.6 Å². The summed E-state index contributed by atoms with van der Waals surface area (Å²) in [5.41, 5.74) is 9.10. The maximum absolute atomic E-state index is 11.3. The Morgan fingerprint density at radius 2 is 2.18 bits per heavy atom. The molecule has 7 nitrogen and oxygen atoms in total. The lowest BCUT2D eigenvalue weighted by Gasteiger charge is -2.10. The van der Waals surface area contributed by atoms with Crippen molar-refractivity contribution in [1.82, 2.24) is 0 Å². The quantitative estimate of drug-likeness (QED) is 0.259. The number of methoxy groups -OCH3 is 1. The molecule has 0 heterocycles. The third-order valence-corrected chi connectivity index (χ3v) is 2.27. The minimum Gasteiger partial charge on any atom is -0.465 e. The number of benzene rings is 1. The first kappa shape index (κ1) is 13.1. The molecule has 1 aromatic rings. The van der Waals surface area contributed by atoms with E-state index in [1.54, 1.807) is 6.92 Å². The molecule has 0 aliphatic heterocycles. The van der Waals surface area contributed by atoms with Crippen molar-refractivity contribution in [3.05, 3.63) is 33.7 Å². The van der Waals surface area contributed by atoms with Crippen molar-refractivity contribution >= 4 is 24.2 Å². The molecule has 1 aromatic carbocycles. The highest BCUT2D eigenvalue weighted by Crippen LogP contribution is 2.19. The van der Waals surface area contributed by atoms with E-state index >= 15 is 0 Å². The predicted molar refractivity (Wildman–Crippen MR) is 61.2 cm³/mol. The first-order valence-corrected chi connectivity index (χ1v) is 4.65. The van der Waals surface area contributed by atoms with E-state index in [1.165, 1.54) is 19.2 Å². The van der Waals surface area contributed by atoms with Gasteiger partial charge in [-0.3, -0.25) is 0 Å². The number of carbonyl (C=O) groups is 1. The zero-order valence-electron chi connectivity index (χ0n) is 9.28. The third kappa shape index (κ3) is 2.76. The monoisotopic (exact) mass is 235 g/mol. The molecule has 0 saturated carbocycles. The number of ether oxygens (including phenoxy) is 1. The van der Waals surface area contributed by atoms with Gasteiger partial charge in [0, 0.05) is 10.6 Å². The number of rotatable bonds is 3. The average molecular weight is 235 g/mol. The van der Waals surface area contributed by atoms with E-state index < -0.39 is 13.1 Å². The van der Waals surface area contributed by atoms with Gasteiger partial charge in [-0.2, -0.15) is 0 Å². The number of carbonyl (C=O) groups excluding carboxylic acids is 1. The van der Waals surface area contributed by atoms with E-state index in [2.05, 4.69) is 14.8 Å². The van der Waals surface area contributed by atoms with Crippen LogP contribution in [0.5, 0.6) is 0 Å². The number of hydrogen-bond donors (Lipinski definition) is 2. The maximum Gasteiger partial charge on any atom is 0.488 e. The van der Waals surface area contributed by atoms with Crippen LogP contribution in [-0.4, -0.2) is 30.2 Å². The smallest absolute Gasteiger partial charge is 0.465 e. The molecule has 0 bridgehead atoms.